The Morgan fingerprint density at radius 3 is 3.00 bits per heavy atom. The molecule has 1 aliphatic rings. The highest BCUT2D eigenvalue weighted by atomic mass is 19.1. The molecule has 1 aliphatic heterocycles. The summed E-state index contributed by atoms with van der Waals surface area (Å²) in [7, 11) is 1.65. The Morgan fingerprint density at radius 2 is 2.15 bits per heavy atom. The van der Waals surface area contributed by atoms with E-state index < -0.39 is 12.3 Å². The van der Waals surface area contributed by atoms with Gasteiger partial charge in [0.1, 0.15) is 30.5 Å². The van der Waals surface area contributed by atoms with Gasteiger partial charge in [0.15, 0.2) is 0 Å². The predicted molar refractivity (Wildman–Crippen MR) is 95.6 cm³/mol. The molecule has 6 nitrogen and oxygen atoms in total. The molecule has 1 saturated heterocycles. The van der Waals surface area contributed by atoms with Gasteiger partial charge in [0.25, 0.3) is 0 Å². The largest absolute Gasteiger partial charge is 0.496 e. The maximum absolute atomic E-state index is 14.4. The Kier molecular flexibility index (Phi) is 4.81. The smallest absolute Gasteiger partial charge is 0.140 e. The van der Waals surface area contributed by atoms with E-state index in [9.17, 15) is 4.39 Å². The molecule has 0 radical (unpaired) electrons. The van der Waals surface area contributed by atoms with Gasteiger partial charge in [0.05, 0.1) is 24.3 Å². The third kappa shape index (κ3) is 3.54. The topological polar surface area (TPSA) is 63.3 Å². The number of aromatic amines is 1. The number of rotatable bonds is 6. The van der Waals surface area contributed by atoms with Crippen molar-refractivity contribution in [2.45, 2.75) is 25.4 Å². The molecule has 4 rings (SSSR count). The number of benzene rings is 1. The van der Waals surface area contributed by atoms with Crippen molar-refractivity contribution in [3.63, 3.8) is 0 Å². The Balaban J connectivity index is 1.36. The van der Waals surface area contributed by atoms with E-state index in [1.807, 2.05) is 30.3 Å². The molecule has 1 aromatic carbocycles. The molecule has 2 aromatic heterocycles. The van der Waals surface area contributed by atoms with E-state index in [4.69, 9.17) is 9.47 Å². The van der Waals surface area contributed by atoms with Crippen molar-refractivity contribution in [2.24, 2.45) is 0 Å². The zero-order valence-corrected chi connectivity index (χ0v) is 14.6. The molecule has 3 heterocycles. The van der Waals surface area contributed by atoms with Crippen molar-refractivity contribution in [1.29, 1.82) is 0 Å². The molecule has 7 heteroatoms. The average Bonchev–Trinajstić information content (AvgIpc) is 3.23. The number of likely N-dealkylation sites (tertiary alicyclic amines) is 1. The molecular weight excluding hydrogens is 335 g/mol. The molecular formula is C19H21FN4O2. The molecule has 1 N–H and O–H groups in total. The maximum Gasteiger partial charge on any atom is 0.140 e. The number of nitrogens with one attached hydrogen (secondary N) is 1. The van der Waals surface area contributed by atoms with Crippen molar-refractivity contribution in [3.05, 3.63) is 54.1 Å². The van der Waals surface area contributed by atoms with Crippen LogP contribution in [0.5, 0.6) is 5.75 Å². The SMILES string of the molecule is COc1ccccc1CN1C[C@@H](F)[C@@H](OCc2nc3ccncc3[nH]2)C1. The summed E-state index contributed by atoms with van der Waals surface area (Å²) in [5.41, 5.74) is 2.74. The van der Waals surface area contributed by atoms with Gasteiger partial charge in [-0.05, 0) is 12.1 Å². The molecule has 0 unspecified atom stereocenters. The summed E-state index contributed by atoms with van der Waals surface area (Å²) < 4.78 is 25.6. The first-order valence-corrected chi connectivity index (χ1v) is 8.61. The summed E-state index contributed by atoms with van der Waals surface area (Å²) in [4.78, 5) is 13.7. The second-order valence-electron chi connectivity index (χ2n) is 6.45. The van der Waals surface area contributed by atoms with Crippen LogP contribution < -0.4 is 4.74 Å². The van der Waals surface area contributed by atoms with E-state index in [1.54, 1.807) is 19.5 Å². The van der Waals surface area contributed by atoms with Gasteiger partial charge in [-0.1, -0.05) is 18.2 Å². The minimum Gasteiger partial charge on any atom is -0.496 e. The van der Waals surface area contributed by atoms with Gasteiger partial charge in [-0.25, -0.2) is 9.37 Å². The van der Waals surface area contributed by atoms with Crippen LogP contribution in [0.2, 0.25) is 0 Å². The first-order valence-electron chi connectivity index (χ1n) is 8.61. The van der Waals surface area contributed by atoms with Gasteiger partial charge in [-0.3, -0.25) is 9.88 Å². The lowest BCUT2D eigenvalue weighted by Gasteiger charge is -2.17. The first-order chi connectivity index (χ1) is 12.7. The van der Waals surface area contributed by atoms with Gasteiger partial charge in [0.2, 0.25) is 0 Å². The highest BCUT2D eigenvalue weighted by Gasteiger charge is 2.34. The molecule has 0 bridgehead atoms. The van der Waals surface area contributed by atoms with E-state index in [0.717, 1.165) is 22.3 Å². The Morgan fingerprint density at radius 1 is 1.27 bits per heavy atom. The highest BCUT2D eigenvalue weighted by molar-refractivity contribution is 5.73. The van der Waals surface area contributed by atoms with Crippen molar-refractivity contribution < 1.29 is 13.9 Å². The van der Waals surface area contributed by atoms with Gasteiger partial charge >= 0.3 is 0 Å². The molecule has 136 valence electrons. The van der Waals surface area contributed by atoms with Gasteiger partial charge in [0, 0.05) is 31.4 Å². The van der Waals surface area contributed by atoms with Gasteiger partial charge < -0.3 is 14.5 Å². The second kappa shape index (κ2) is 7.39. The van der Waals surface area contributed by atoms with E-state index in [0.29, 0.717) is 25.5 Å². The van der Waals surface area contributed by atoms with Crippen molar-refractivity contribution in [2.75, 3.05) is 20.2 Å². The van der Waals surface area contributed by atoms with E-state index in [2.05, 4.69) is 19.9 Å². The minimum atomic E-state index is -1.02. The fourth-order valence-corrected chi connectivity index (χ4v) is 3.33. The maximum atomic E-state index is 14.4. The first kappa shape index (κ1) is 16.9. The van der Waals surface area contributed by atoms with Crippen LogP contribution in [0, 0.1) is 0 Å². The standard InChI is InChI=1S/C19H21FN4O2/c1-25-17-5-3-2-4-13(17)9-24-10-14(20)18(11-24)26-12-19-22-15-6-7-21-8-16(15)23-19/h2-8,14,18H,9-12H2,1H3,(H,22,23)/t14-,18+/m1/s1. The number of aromatic nitrogens is 3. The average molecular weight is 356 g/mol. The molecule has 1 fully saturated rings. The number of H-pyrrole nitrogens is 1. The molecule has 3 aromatic rings. The van der Waals surface area contributed by atoms with Gasteiger partial charge in [-0.2, -0.15) is 0 Å². The van der Waals surface area contributed by atoms with Crippen LogP contribution in [0.15, 0.2) is 42.7 Å². The summed E-state index contributed by atoms with van der Waals surface area (Å²) in [6.07, 6.45) is 1.93. The number of halogens is 1. The molecule has 0 spiro atoms. The number of methoxy groups -OCH3 is 1. The van der Waals surface area contributed by atoms with Crippen LogP contribution >= 0.6 is 0 Å². The van der Waals surface area contributed by atoms with Crippen LogP contribution in [-0.4, -0.2) is 52.3 Å². The number of alkyl halides is 1. The van der Waals surface area contributed by atoms with Crippen molar-refractivity contribution in [3.8, 4) is 5.75 Å². The lowest BCUT2D eigenvalue weighted by molar-refractivity contribution is 0.00862. The molecule has 2 atom stereocenters. The summed E-state index contributed by atoms with van der Waals surface area (Å²) >= 11 is 0. The molecule has 0 aliphatic carbocycles. The normalized spacial score (nSPS) is 20.7. The van der Waals surface area contributed by atoms with Gasteiger partial charge in [-0.15, -0.1) is 0 Å². The quantitative estimate of drug-likeness (QED) is 0.736. The van der Waals surface area contributed by atoms with Crippen molar-refractivity contribution in [1.82, 2.24) is 19.9 Å². The molecule has 0 saturated carbocycles. The summed E-state index contributed by atoms with van der Waals surface area (Å²) in [5, 5.41) is 0. The molecule has 26 heavy (non-hydrogen) atoms. The zero-order chi connectivity index (χ0) is 17.9. The number of hydrogen-bond donors (Lipinski definition) is 1. The lowest BCUT2D eigenvalue weighted by Crippen LogP contribution is -2.24. The Labute approximate surface area is 151 Å². The summed E-state index contributed by atoms with van der Waals surface area (Å²) in [6.45, 7) is 1.79. The second-order valence-corrected chi connectivity index (χ2v) is 6.45. The minimum absolute atomic E-state index is 0.252. The third-order valence-electron chi connectivity index (χ3n) is 4.63. The van der Waals surface area contributed by atoms with Crippen LogP contribution in [0.1, 0.15) is 11.4 Å². The fourth-order valence-electron chi connectivity index (χ4n) is 3.33. The monoisotopic (exact) mass is 356 g/mol. The van der Waals surface area contributed by atoms with Crippen LogP contribution in [0.4, 0.5) is 4.39 Å². The number of fused-ring (bicyclic) bond motifs is 1. The van der Waals surface area contributed by atoms with Crippen LogP contribution in [0.25, 0.3) is 11.0 Å². The van der Waals surface area contributed by atoms with E-state index in [1.165, 1.54) is 0 Å². The lowest BCUT2D eigenvalue weighted by atomic mass is 10.2. The van der Waals surface area contributed by atoms with Crippen molar-refractivity contribution >= 4 is 11.0 Å². The highest BCUT2D eigenvalue weighted by Crippen LogP contribution is 2.24. The number of hydrogen-bond acceptors (Lipinski definition) is 5. The number of nitrogens with zero attached hydrogens (tertiary/aromatic N) is 3. The fraction of sp³-hybridized carbons (Fsp3) is 0.368. The van der Waals surface area contributed by atoms with E-state index >= 15 is 0 Å². The zero-order valence-electron chi connectivity index (χ0n) is 14.6. The number of imidazole rings is 1. The summed E-state index contributed by atoms with van der Waals surface area (Å²) in [6, 6.07) is 9.65. The van der Waals surface area contributed by atoms with Crippen LogP contribution in [0.3, 0.4) is 0 Å². The summed E-state index contributed by atoms with van der Waals surface area (Å²) in [5.74, 6) is 1.51. The predicted octanol–water partition coefficient (Wildman–Crippen LogP) is 2.71. The van der Waals surface area contributed by atoms with Crippen LogP contribution in [-0.2, 0) is 17.9 Å². The third-order valence-corrected chi connectivity index (χ3v) is 4.63. The molecule has 0 amide bonds. The Bertz CT molecular complexity index is 852. The number of ether oxygens (including phenoxy) is 2. The number of para-hydroxylation sites is 1. The number of pyridine rings is 1. The van der Waals surface area contributed by atoms with E-state index in [-0.39, 0.29) is 6.61 Å². The Hall–Kier alpha value is -2.51.